The lowest BCUT2D eigenvalue weighted by atomic mass is 10.3. The van der Waals surface area contributed by atoms with Crippen LogP contribution >= 0.6 is 15.9 Å². The van der Waals surface area contributed by atoms with Crippen molar-refractivity contribution >= 4 is 21.9 Å². The summed E-state index contributed by atoms with van der Waals surface area (Å²) < 4.78 is 12.9. The van der Waals surface area contributed by atoms with Crippen molar-refractivity contribution in [3.05, 3.63) is 33.2 Å². The number of aromatic nitrogens is 1. The quantitative estimate of drug-likeness (QED) is 0.459. The number of rotatable bonds is 1. The zero-order chi connectivity index (χ0) is 11.1. The van der Waals surface area contributed by atoms with Crippen molar-refractivity contribution in [2.24, 2.45) is 5.34 Å². The fraction of sp³-hybridized carbons (Fsp3) is 0. The average molecular weight is 267 g/mol. The molecule has 0 radical (unpaired) electrons. The number of halogens is 2. The summed E-state index contributed by atoms with van der Waals surface area (Å²) in [5.74, 6) is -2.13. The fourth-order valence-corrected chi connectivity index (χ4v) is 0.908. The van der Waals surface area contributed by atoms with Crippen LogP contribution in [0, 0.1) is 10.7 Å². The lowest BCUT2D eigenvalue weighted by molar-refractivity contribution is 0.0691. The first-order valence-electron chi connectivity index (χ1n) is 3.04. The first-order chi connectivity index (χ1) is 6.52. The summed E-state index contributed by atoms with van der Waals surface area (Å²) in [6.45, 7) is 0. The van der Waals surface area contributed by atoms with E-state index in [-0.39, 0.29) is 5.56 Å². The molecule has 6 nitrogen and oxygen atoms in total. The van der Waals surface area contributed by atoms with Crippen LogP contribution in [-0.2, 0) is 0 Å². The Morgan fingerprint density at radius 2 is 2.14 bits per heavy atom. The third-order valence-corrected chi connectivity index (χ3v) is 1.49. The second-order valence-corrected chi connectivity index (χ2v) is 2.69. The number of aromatic carboxylic acids is 1. The van der Waals surface area contributed by atoms with Gasteiger partial charge in [-0.15, -0.1) is 4.91 Å². The van der Waals surface area contributed by atoms with Gasteiger partial charge in [0.2, 0.25) is 0 Å². The minimum Gasteiger partial charge on any atom is -0.478 e. The molecule has 0 amide bonds. The van der Waals surface area contributed by atoms with E-state index in [0.717, 1.165) is 12.3 Å². The molecule has 0 unspecified atom stereocenters. The van der Waals surface area contributed by atoms with Gasteiger partial charge in [0.1, 0.15) is 4.60 Å². The van der Waals surface area contributed by atoms with Crippen molar-refractivity contribution in [3.8, 4) is 0 Å². The topological polar surface area (TPSA) is 99.8 Å². The van der Waals surface area contributed by atoms with E-state index in [0.29, 0.717) is 4.60 Å². The number of carboxylic acids is 1. The van der Waals surface area contributed by atoms with Gasteiger partial charge in [-0.3, -0.25) is 0 Å². The van der Waals surface area contributed by atoms with Crippen LogP contribution in [0.2, 0.25) is 0 Å². The Balaban J connectivity index is 0.000000500. The van der Waals surface area contributed by atoms with Crippen LogP contribution in [-0.4, -0.2) is 21.3 Å². The zero-order valence-corrected chi connectivity index (χ0v) is 8.10. The molecule has 2 N–H and O–H groups in total. The van der Waals surface area contributed by atoms with E-state index >= 15 is 0 Å². The van der Waals surface area contributed by atoms with E-state index in [1.54, 1.807) is 0 Å². The summed E-state index contributed by atoms with van der Waals surface area (Å²) in [5.41, 5.74) is -0.383. The number of carbonyl (C=O) groups is 1. The Labute approximate surface area is 85.5 Å². The van der Waals surface area contributed by atoms with E-state index in [4.69, 9.17) is 15.2 Å². The Bertz CT molecular complexity index is 347. The molecular formula is C6H4BrFN2O4. The Hall–Kier alpha value is -1.57. The maximum Gasteiger partial charge on any atom is 0.338 e. The molecule has 0 saturated heterocycles. The molecule has 14 heavy (non-hydrogen) atoms. The van der Waals surface area contributed by atoms with Crippen molar-refractivity contribution in [1.82, 2.24) is 4.98 Å². The lowest BCUT2D eigenvalue weighted by Crippen LogP contribution is -2.00. The van der Waals surface area contributed by atoms with Crippen molar-refractivity contribution in [3.63, 3.8) is 0 Å². The molecular weight excluding hydrogens is 263 g/mol. The standard InChI is InChI=1S/C6H3BrFNO2.HNO2/c7-5-1-3(6(10)11)4(8)2-9-5;2-1-3/h1-2H,(H,10,11);(H,2,3). The molecule has 0 aliphatic carbocycles. The minimum atomic E-state index is -1.30. The number of hydrogen-bond acceptors (Lipinski definition) is 4. The van der Waals surface area contributed by atoms with Gasteiger partial charge >= 0.3 is 5.97 Å². The maximum atomic E-state index is 12.6. The van der Waals surface area contributed by atoms with Gasteiger partial charge in [0.25, 0.3) is 0 Å². The highest BCUT2D eigenvalue weighted by atomic mass is 79.9. The van der Waals surface area contributed by atoms with Gasteiger partial charge in [0.15, 0.2) is 11.2 Å². The Morgan fingerprint density at radius 3 is 2.50 bits per heavy atom. The highest BCUT2D eigenvalue weighted by molar-refractivity contribution is 9.10. The molecule has 0 saturated carbocycles. The number of hydrogen-bond donors (Lipinski definition) is 2. The third-order valence-electron chi connectivity index (χ3n) is 1.05. The van der Waals surface area contributed by atoms with Crippen LogP contribution in [0.15, 0.2) is 22.2 Å². The number of nitrogens with zero attached hydrogens (tertiary/aromatic N) is 2. The van der Waals surface area contributed by atoms with Crippen LogP contribution in [0.3, 0.4) is 0 Å². The van der Waals surface area contributed by atoms with Crippen molar-refractivity contribution in [2.75, 3.05) is 0 Å². The predicted octanol–water partition coefficient (Wildman–Crippen LogP) is 1.82. The number of pyridine rings is 1. The normalized spacial score (nSPS) is 8.43. The van der Waals surface area contributed by atoms with Crippen molar-refractivity contribution in [1.29, 1.82) is 0 Å². The molecule has 0 aliphatic rings. The summed E-state index contributed by atoms with van der Waals surface area (Å²) in [6.07, 6.45) is 0.855. The molecule has 0 atom stereocenters. The largest absolute Gasteiger partial charge is 0.478 e. The van der Waals surface area contributed by atoms with Gasteiger partial charge in [-0.2, -0.15) is 0 Å². The van der Waals surface area contributed by atoms with Crippen LogP contribution in [0.5, 0.6) is 0 Å². The van der Waals surface area contributed by atoms with Crippen LogP contribution in [0.25, 0.3) is 0 Å². The molecule has 1 heterocycles. The van der Waals surface area contributed by atoms with E-state index in [9.17, 15) is 9.18 Å². The summed E-state index contributed by atoms with van der Waals surface area (Å²) in [4.78, 5) is 21.9. The summed E-state index contributed by atoms with van der Waals surface area (Å²) in [6, 6.07) is 1.11. The Morgan fingerprint density at radius 1 is 1.64 bits per heavy atom. The van der Waals surface area contributed by atoms with Crippen LogP contribution < -0.4 is 0 Å². The second-order valence-electron chi connectivity index (χ2n) is 1.87. The predicted molar refractivity (Wildman–Crippen MR) is 46.4 cm³/mol. The minimum absolute atomic E-state index is 0.302. The summed E-state index contributed by atoms with van der Waals surface area (Å²) >= 11 is 2.92. The molecule has 1 rings (SSSR count). The molecule has 1 aromatic rings. The van der Waals surface area contributed by atoms with Gasteiger partial charge in [-0.1, -0.05) is 0 Å². The van der Waals surface area contributed by atoms with Crippen LogP contribution in [0.1, 0.15) is 10.4 Å². The number of carboxylic acid groups (broad SMARTS) is 1. The van der Waals surface area contributed by atoms with Gasteiger partial charge in [-0.25, -0.2) is 14.2 Å². The first-order valence-corrected chi connectivity index (χ1v) is 3.83. The molecule has 76 valence electrons. The molecule has 0 aromatic carbocycles. The monoisotopic (exact) mass is 266 g/mol. The van der Waals surface area contributed by atoms with E-state index < -0.39 is 11.8 Å². The third kappa shape index (κ3) is 3.90. The molecule has 0 spiro atoms. The van der Waals surface area contributed by atoms with Crippen LogP contribution in [0.4, 0.5) is 4.39 Å². The van der Waals surface area contributed by atoms with Crippen molar-refractivity contribution < 1.29 is 19.5 Å². The summed E-state index contributed by atoms with van der Waals surface area (Å²) in [5, 5.41) is 16.3. The van der Waals surface area contributed by atoms with E-state index in [2.05, 4.69) is 20.9 Å². The Kier molecular flexibility index (Phi) is 5.30. The molecule has 1 aromatic heterocycles. The van der Waals surface area contributed by atoms with Gasteiger partial charge in [0.05, 0.1) is 11.8 Å². The van der Waals surface area contributed by atoms with Gasteiger partial charge < -0.3 is 10.3 Å². The van der Waals surface area contributed by atoms with Gasteiger partial charge in [0, 0.05) is 0 Å². The SMILES string of the molecule is O=C(O)c1cc(Br)ncc1F.O=NO. The smallest absolute Gasteiger partial charge is 0.338 e. The van der Waals surface area contributed by atoms with Gasteiger partial charge in [-0.05, 0) is 22.0 Å². The molecule has 0 fully saturated rings. The first kappa shape index (κ1) is 12.4. The van der Waals surface area contributed by atoms with Crippen molar-refractivity contribution in [2.45, 2.75) is 0 Å². The molecule has 8 heteroatoms. The maximum absolute atomic E-state index is 12.6. The van der Waals surface area contributed by atoms with E-state index in [1.807, 2.05) is 0 Å². The lowest BCUT2D eigenvalue weighted by Gasteiger charge is -1.95. The molecule has 0 aliphatic heterocycles. The van der Waals surface area contributed by atoms with E-state index in [1.165, 1.54) is 5.34 Å². The second kappa shape index (κ2) is 5.97. The highest BCUT2D eigenvalue weighted by Crippen LogP contribution is 2.11. The highest BCUT2D eigenvalue weighted by Gasteiger charge is 2.10. The molecule has 0 bridgehead atoms. The zero-order valence-electron chi connectivity index (χ0n) is 6.52. The fourth-order valence-electron chi connectivity index (χ4n) is 0.577. The average Bonchev–Trinajstić information content (AvgIpc) is 2.10. The summed E-state index contributed by atoms with van der Waals surface area (Å²) in [7, 11) is 0.